The van der Waals surface area contributed by atoms with Crippen molar-refractivity contribution in [2.45, 2.75) is 13.3 Å². The SMILES string of the molecule is CCOC(=O)O/N=C1\Cc2ccccc2N(C(N)=O)c2ccccc21. The average molecular weight is 339 g/mol. The van der Waals surface area contributed by atoms with Crippen LogP contribution in [0.4, 0.5) is 21.0 Å². The molecule has 2 N–H and O–H groups in total. The van der Waals surface area contributed by atoms with Crippen molar-refractivity contribution in [2.75, 3.05) is 11.5 Å². The van der Waals surface area contributed by atoms with Crippen LogP contribution in [-0.2, 0) is 16.0 Å². The highest BCUT2D eigenvalue weighted by Crippen LogP contribution is 2.35. The molecule has 0 atom stereocenters. The van der Waals surface area contributed by atoms with Gasteiger partial charge in [-0.05, 0) is 24.6 Å². The van der Waals surface area contributed by atoms with Crippen molar-refractivity contribution in [2.24, 2.45) is 10.9 Å². The van der Waals surface area contributed by atoms with E-state index >= 15 is 0 Å². The minimum atomic E-state index is -0.878. The van der Waals surface area contributed by atoms with Gasteiger partial charge in [0.05, 0.1) is 23.7 Å². The number of carbonyl (C=O) groups excluding carboxylic acids is 2. The van der Waals surface area contributed by atoms with Gasteiger partial charge in [0.1, 0.15) is 0 Å². The predicted molar refractivity (Wildman–Crippen MR) is 93.0 cm³/mol. The van der Waals surface area contributed by atoms with Gasteiger partial charge in [-0.3, -0.25) is 9.74 Å². The number of urea groups is 1. The molecular weight excluding hydrogens is 322 g/mol. The first-order valence-electron chi connectivity index (χ1n) is 7.79. The lowest BCUT2D eigenvalue weighted by Crippen LogP contribution is -2.32. The summed E-state index contributed by atoms with van der Waals surface area (Å²) < 4.78 is 4.73. The average Bonchev–Trinajstić information content (AvgIpc) is 2.74. The van der Waals surface area contributed by atoms with Gasteiger partial charge in [0.25, 0.3) is 0 Å². The van der Waals surface area contributed by atoms with E-state index in [-0.39, 0.29) is 6.61 Å². The molecule has 1 aliphatic rings. The number of nitrogens with zero attached hydrogens (tertiary/aromatic N) is 2. The molecule has 7 nitrogen and oxygen atoms in total. The van der Waals surface area contributed by atoms with E-state index in [4.69, 9.17) is 15.3 Å². The molecule has 2 amide bonds. The molecule has 0 aromatic heterocycles. The monoisotopic (exact) mass is 339 g/mol. The van der Waals surface area contributed by atoms with Crippen molar-refractivity contribution in [1.82, 2.24) is 0 Å². The molecular formula is C18H17N3O4. The van der Waals surface area contributed by atoms with Crippen LogP contribution in [0, 0.1) is 0 Å². The fourth-order valence-electron chi connectivity index (χ4n) is 2.75. The molecule has 0 bridgehead atoms. The summed E-state index contributed by atoms with van der Waals surface area (Å²) in [5.74, 6) is 0. The first kappa shape index (κ1) is 16.5. The number of carbonyl (C=O) groups is 2. The van der Waals surface area contributed by atoms with Crippen LogP contribution in [0.2, 0.25) is 0 Å². The van der Waals surface area contributed by atoms with Gasteiger partial charge in [0.15, 0.2) is 0 Å². The predicted octanol–water partition coefficient (Wildman–Crippen LogP) is 3.34. The minimum absolute atomic E-state index is 0.193. The van der Waals surface area contributed by atoms with Crippen molar-refractivity contribution in [3.05, 3.63) is 59.7 Å². The summed E-state index contributed by atoms with van der Waals surface area (Å²) in [5.41, 5.74) is 8.85. The Morgan fingerprint density at radius 1 is 1.12 bits per heavy atom. The van der Waals surface area contributed by atoms with Gasteiger partial charge in [-0.2, -0.15) is 0 Å². The lowest BCUT2D eigenvalue weighted by atomic mass is 10.0. The van der Waals surface area contributed by atoms with Gasteiger partial charge in [-0.15, -0.1) is 0 Å². The van der Waals surface area contributed by atoms with Crippen molar-refractivity contribution < 1.29 is 19.2 Å². The molecule has 128 valence electrons. The molecule has 2 aromatic rings. The fraction of sp³-hybridized carbons (Fsp3) is 0.167. The largest absolute Gasteiger partial charge is 0.535 e. The molecule has 0 saturated heterocycles. The smallest absolute Gasteiger partial charge is 0.433 e. The van der Waals surface area contributed by atoms with Crippen LogP contribution in [0.15, 0.2) is 53.7 Å². The Morgan fingerprint density at radius 3 is 2.52 bits per heavy atom. The Kier molecular flexibility index (Phi) is 4.65. The molecule has 0 aliphatic carbocycles. The summed E-state index contributed by atoms with van der Waals surface area (Å²) in [6.07, 6.45) is -0.507. The maximum absolute atomic E-state index is 12.1. The highest BCUT2D eigenvalue weighted by atomic mass is 16.8. The summed E-state index contributed by atoms with van der Waals surface area (Å²) in [6, 6.07) is 13.9. The third-order valence-corrected chi connectivity index (χ3v) is 3.76. The minimum Gasteiger partial charge on any atom is -0.433 e. The van der Waals surface area contributed by atoms with Crippen molar-refractivity contribution in [1.29, 1.82) is 0 Å². The molecule has 3 rings (SSSR count). The number of nitrogens with two attached hydrogens (primary N) is 1. The van der Waals surface area contributed by atoms with Crippen LogP contribution in [0.5, 0.6) is 0 Å². The van der Waals surface area contributed by atoms with Crippen molar-refractivity contribution in [3.8, 4) is 0 Å². The van der Waals surface area contributed by atoms with Crippen LogP contribution < -0.4 is 10.6 Å². The molecule has 7 heteroatoms. The standard InChI is InChI=1S/C18H17N3O4/c1-2-24-18(23)25-20-14-11-12-7-3-5-9-15(12)21(17(19)22)16-10-6-4-8-13(14)16/h3-10H,2,11H2,1H3,(H2,19,22)/b20-14+. The summed E-state index contributed by atoms with van der Waals surface area (Å²) >= 11 is 0. The van der Waals surface area contributed by atoms with Gasteiger partial charge in [0.2, 0.25) is 0 Å². The van der Waals surface area contributed by atoms with E-state index in [1.807, 2.05) is 30.3 Å². The van der Waals surface area contributed by atoms with Gasteiger partial charge in [-0.1, -0.05) is 41.6 Å². The number of primary amides is 1. The third kappa shape index (κ3) is 3.30. The second kappa shape index (κ2) is 7.04. The molecule has 0 unspecified atom stereocenters. The highest BCUT2D eigenvalue weighted by molar-refractivity contribution is 6.13. The Hall–Kier alpha value is -3.35. The van der Waals surface area contributed by atoms with Crippen LogP contribution in [0.25, 0.3) is 0 Å². The molecule has 2 aromatic carbocycles. The van der Waals surface area contributed by atoms with Gasteiger partial charge in [0, 0.05) is 12.0 Å². The first-order chi connectivity index (χ1) is 12.1. The van der Waals surface area contributed by atoms with E-state index < -0.39 is 12.2 Å². The maximum atomic E-state index is 12.1. The van der Waals surface area contributed by atoms with Gasteiger partial charge in [-0.25, -0.2) is 9.59 Å². The van der Waals surface area contributed by atoms with Crippen LogP contribution in [0.1, 0.15) is 18.1 Å². The molecule has 25 heavy (non-hydrogen) atoms. The van der Waals surface area contributed by atoms with Gasteiger partial charge < -0.3 is 10.5 Å². The van der Waals surface area contributed by atoms with E-state index in [1.54, 1.807) is 25.1 Å². The lowest BCUT2D eigenvalue weighted by Gasteiger charge is -2.22. The number of amides is 2. The van der Waals surface area contributed by atoms with Crippen molar-refractivity contribution >= 4 is 29.3 Å². The number of fused-ring (bicyclic) bond motifs is 2. The summed E-state index contributed by atoms with van der Waals surface area (Å²) in [5, 5.41) is 3.96. The van der Waals surface area contributed by atoms with E-state index in [1.165, 1.54) is 4.90 Å². The second-order valence-corrected chi connectivity index (χ2v) is 5.31. The number of anilines is 2. The molecule has 0 spiro atoms. The summed E-state index contributed by atoms with van der Waals surface area (Å²) in [4.78, 5) is 29.8. The van der Waals surface area contributed by atoms with E-state index in [2.05, 4.69) is 5.16 Å². The van der Waals surface area contributed by atoms with E-state index in [9.17, 15) is 9.59 Å². The van der Waals surface area contributed by atoms with Gasteiger partial charge >= 0.3 is 12.2 Å². The second-order valence-electron chi connectivity index (χ2n) is 5.31. The number of rotatable bonds is 2. The quantitative estimate of drug-likeness (QED) is 0.516. The van der Waals surface area contributed by atoms with Crippen LogP contribution >= 0.6 is 0 Å². The zero-order chi connectivity index (χ0) is 17.8. The Labute approximate surface area is 144 Å². The molecule has 0 saturated carbocycles. The molecule has 1 aliphatic heterocycles. The zero-order valence-corrected chi connectivity index (χ0v) is 13.6. The van der Waals surface area contributed by atoms with E-state index in [0.717, 1.165) is 5.56 Å². The van der Waals surface area contributed by atoms with Crippen LogP contribution in [-0.4, -0.2) is 24.5 Å². The first-order valence-corrected chi connectivity index (χ1v) is 7.79. The number of ether oxygens (including phenoxy) is 1. The normalized spacial score (nSPS) is 14.3. The van der Waals surface area contributed by atoms with Crippen molar-refractivity contribution in [3.63, 3.8) is 0 Å². The Bertz CT molecular complexity index is 848. The summed E-state index contributed by atoms with van der Waals surface area (Å²) in [7, 11) is 0. The van der Waals surface area contributed by atoms with Crippen LogP contribution in [0.3, 0.4) is 0 Å². The third-order valence-electron chi connectivity index (χ3n) is 3.76. The number of hydrogen-bond donors (Lipinski definition) is 1. The molecule has 0 radical (unpaired) electrons. The topological polar surface area (TPSA) is 94.2 Å². The number of benzene rings is 2. The number of oxime groups is 1. The number of para-hydroxylation sites is 2. The van der Waals surface area contributed by atoms with E-state index in [0.29, 0.717) is 29.1 Å². The Morgan fingerprint density at radius 2 is 1.80 bits per heavy atom. The highest BCUT2D eigenvalue weighted by Gasteiger charge is 2.27. The number of hydrogen-bond acceptors (Lipinski definition) is 5. The molecule has 0 fully saturated rings. The Balaban J connectivity index is 2.12. The maximum Gasteiger partial charge on any atom is 0.535 e. The molecule has 1 heterocycles. The fourth-order valence-corrected chi connectivity index (χ4v) is 2.75. The zero-order valence-electron chi connectivity index (χ0n) is 13.6. The summed E-state index contributed by atoms with van der Waals surface area (Å²) in [6.45, 7) is 1.87. The lowest BCUT2D eigenvalue weighted by molar-refractivity contribution is 0.0612.